The number of ether oxygens (including phenoxy) is 1. The average molecular weight is 288 g/mol. The zero-order chi connectivity index (χ0) is 15.2. The van der Waals surface area contributed by atoms with Crippen molar-refractivity contribution in [3.05, 3.63) is 29.3 Å². The fourth-order valence-electron chi connectivity index (χ4n) is 2.80. The first-order valence-electron chi connectivity index (χ1n) is 7.17. The first kappa shape index (κ1) is 15.3. The van der Waals surface area contributed by atoms with Gasteiger partial charge in [0.2, 0.25) is 0 Å². The molecule has 1 aromatic carbocycles. The Labute approximate surface area is 124 Å². The van der Waals surface area contributed by atoms with Gasteiger partial charge in [-0.1, -0.05) is 12.5 Å². The second-order valence-corrected chi connectivity index (χ2v) is 5.43. The largest absolute Gasteiger partial charge is 0.495 e. The predicted molar refractivity (Wildman–Crippen MR) is 77.9 cm³/mol. The molecule has 1 aliphatic carbocycles. The third-order valence-electron chi connectivity index (χ3n) is 4.00. The molecule has 0 aliphatic heterocycles. The van der Waals surface area contributed by atoms with Crippen LogP contribution in [0.1, 0.15) is 36.8 Å². The molecule has 2 rings (SSSR count). The Bertz CT molecular complexity index is 551. The number of nitrogens with zero attached hydrogens (tertiary/aromatic N) is 1. The Hall–Kier alpha value is -2.06. The van der Waals surface area contributed by atoms with Crippen LogP contribution in [0, 0.1) is 17.2 Å². The third kappa shape index (κ3) is 3.96. The Morgan fingerprint density at radius 1 is 1.52 bits per heavy atom. The summed E-state index contributed by atoms with van der Waals surface area (Å²) in [6, 6.07) is 7.82. The average Bonchev–Trinajstić information content (AvgIpc) is 2.52. The normalized spacial score (nSPS) is 21.5. The van der Waals surface area contributed by atoms with E-state index in [1.807, 2.05) is 12.1 Å². The van der Waals surface area contributed by atoms with Gasteiger partial charge < -0.3 is 15.2 Å². The number of carbonyl (C=O) groups is 1. The second kappa shape index (κ2) is 7.09. The number of hydrogen-bond donors (Lipinski definition) is 2. The highest BCUT2D eigenvalue weighted by Crippen LogP contribution is 2.25. The highest BCUT2D eigenvalue weighted by molar-refractivity contribution is 5.70. The van der Waals surface area contributed by atoms with Crippen LogP contribution in [0.15, 0.2) is 18.2 Å². The number of hydrogen-bond acceptors (Lipinski definition) is 4. The molecule has 2 atom stereocenters. The molecule has 1 saturated carbocycles. The molecule has 0 saturated heterocycles. The van der Waals surface area contributed by atoms with Gasteiger partial charge in [-0.05, 0) is 37.0 Å². The number of nitriles is 1. The molecule has 1 fully saturated rings. The van der Waals surface area contributed by atoms with Crippen molar-refractivity contribution >= 4 is 5.97 Å². The predicted octanol–water partition coefficient (Wildman–Crippen LogP) is 2.30. The van der Waals surface area contributed by atoms with Crippen molar-refractivity contribution in [3.8, 4) is 11.8 Å². The molecule has 0 heterocycles. The molecule has 112 valence electrons. The van der Waals surface area contributed by atoms with Gasteiger partial charge in [0.25, 0.3) is 0 Å². The zero-order valence-electron chi connectivity index (χ0n) is 12.1. The van der Waals surface area contributed by atoms with Crippen molar-refractivity contribution < 1.29 is 14.6 Å². The van der Waals surface area contributed by atoms with E-state index < -0.39 is 5.97 Å². The van der Waals surface area contributed by atoms with Gasteiger partial charge in [0, 0.05) is 12.6 Å². The van der Waals surface area contributed by atoms with Crippen molar-refractivity contribution in [2.75, 3.05) is 7.11 Å². The summed E-state index contributed by atoms with van der Waals surface area (Å²) in [4.78, 5) is 11.1. The first-order chi connectivity index (χ1) is 10.1. The molecule has 2 N–H and O–H groups in total. The maximum absolute atomic E-state index is 11.1. The zero-order valence-corrected chi connectivity index (χ0v) is 12.1. The van der Waals surface area contributed by atoms with Crippen LogP contribution in [0.4, 0.5) is 0 Å². The van der Waals surface area contributed by atoms with E-state index in [0.717, 1.165) is 24.8 Å². The van der Waals surface area contributed by atoms with Gasteiger partial charge in [-0.2, -0.15) is 5.26 Å². The number of carboxylic acids is 1. The molecule has 21 heavy (non-hydrogen) atoms. The fraction of sp³-hybridized carbons (Fsp3) is 0.500. The molecule has 0 bridgehead atoms. The first-order valence-corrected chi connectivity index (χ1v) is 7.17. The highest BCUT2D eigenvalue weighted by atomic mass is 16.5. The smallest absolute Gasteiger partial charge is 0.306 e. The molecular weight excluding hydrogens is 268 g/mol. The lowest BCUT2D eigenvalue weighted by Crippen LogP contribution is -2.36. The van der Waals surface area contributed by atoms with Crippen LogP contribution < -0.4 is 10.1 Å². The summed E-state index contributed by atoms with van der Waals surface area (Å²) in [5.41, 5.74) is 1.55. The Morgan fingerprint density at radius 3 is 3.00 bits per heavy atom. The number of aliphatic carboxylic acids is 1. The number of rotatable bonds is 5. The van der Waals surface area contributed by atoms with Gasteiger partial charge in [0.05, 0.1) is 18.6 Å². The summed E-state index contributed by atoms with van der Waals surface area (Å²) in [7, 11) is 1.55. The van der Waals surface area contributed by atoms with Gasteiger partial charge in [-0.3, -0.25) is 4.79 Å². The van der Waals surface area contributed by atoms with E-state index in [9.17, 15) is 4.79 Å². The van der Waals surface area contributed by atoms with Crippen LogP contribution >= 0.6 is 0 Å². The molecule has 0 aromatic heterocycles. The van der Waals surface area contributed by atoms with Gasteiger partial charge in [0.1, 0.15) is 11.8 Å². The Balaban J connectivity index is 1.94. The molecule has 5 nitrogen and oxygen atoms in total. The van der Waals surface area contributed by atoms with E-state index in [1.165, 1.54) is 0 Å². The Kier molecular flexibility index (Phi) is 5.18. The number of methoxy groups -OCH3 is 1. The van der Waals surface area contributed by atoms with Gasteiger partial charge >= 0.3 is 5.97 Å². The van der Waals surface area contributed by atoms with Crippen molar-refractivity contribution in [2.24, 2.45) is 5.92 Å². The minimum atomic E-state index is -0.693. The molecule has 0 radical (unpaired) electrons. The molecule has 0 amide bonds. The number of carboxylic acid groups (broad SMARTS) is 1. The summed E-state index contributed by atoms with van der Waals surface area (Å²) in [5.74, 6) is -0.350. The van der Waals surface area contributed by atoms with Crippen LogP contribution in [0.25, 0.3) is 0 Å². The van der Waals surface area contributed by atoms with E-state index in [-0.39, 0.29) is 12.0 Å². The minimum Gasteiger partial charge on any atom is -0.495 e. The van der Waals surface area contributed by atoms with Crippen molar-refractivity contribution in [3.63, 3.8) is 0 Å². The van der Waals surface area contributed by atoms with Crippen molar-refractivity contribution in [1.29, 1.82) is 5.26 Å². The maximum Gasteiger partial charge on any atom is 0.306 e. The highest BCUT2D eigenvalue weighted by Gasteiger charge is 2.26. The standard InChI is InChI=1S/C16H20N2O3/c1-21-15-7-11(5-6-13(15)9-17)10-18-14-4-2-3-12(8-14)16(19)20/h5-7,12,14,18H,2-4,8,10H2,1H3,(H,19,20). The van der Waals surface area contributed by atoms with Gasteiger partial charge in [0.15, 0.2) is 0 Å². The van der Waals surface area contributed by atoms with Crippen LogP contribution in [-0.4, -0.2) is 24.2 Å². The van der Waals surface area contributed by atoms with Crippen molar-refractivity contribution in [1.82, 2.24) is 5.32 Å². The summed E-state index contributed by atoms with van der Waals surface area (Å²) in [6.07, 6.45) is 3.42. The van der Waals surface area contributed by atoms with E-state index >= 15 is 0 Å². The summed E-state index contributed by atoms with van der Waals surface area (Å²) < 4.78 is 5.19. The van der Waals surface area contributed by atoms with E-state index in [1.54, 1.807) is 13.2 Å². The maximum atomic E-state index is 11.1. The number of nitrogens with one attached hydrogen (secondary N) is 1. The van der Waals surface area contributed by atoms with Crippen LogP contribution in [0.5, 0.6) is 5.75 Å². The third-order valence-corrected chi connectivity index (χ3v) is 4.00. The van der Waals surface area contributed by atoms with Crippen LogP contribution in [0.2, 0.25) is 0 Å². The van der Waals surface area contributed by atoms with E-state index in [0.29, 0.717) is 24.3 Å². The molecule has 0 spiro atoms. The van der Waals surface area contributed by atoms with Crippen LogP contribution in [0.3, 0.4) is 0 Å². The Morgan fingerprint density at radius 2 is 2.33 bits per heavy atom. The summed E-state index contributed by atoms with van der Waals surface area (Å²) in [6.45, 7) is 0.652. The molecule has 2 unspecified atom stereocenters. The second-order valence-electron chi connectivity index (χ2n) is 5.43. The lowest BCUT2D eigenvalue weighted by atomic mass is 9.86. The quantitative estimate of drug-likeness (QED) is 0.868. The van der Waals surface area contributed by atoms with E-state index in [4.69, 9.17) is 15.1 Å². The SMILES string of the molecule is COc1cc(CNC2CCCC(C(=O)O)C2)ccc1C#N. The minimum absolute atomic E-state index is 0.230. The topological polar surface area (TPSA) is 82.3 Å². The van der Waals surface area contributed by atoms with Gasteiger partial charge in [-0.15, -0.1) is 0 Å². The molecule has 1 aromatic rings. The number of benzene rings is 1. The molecule has 5 heteroatoms. The van der Waals surface area contributed by atoms with E-state index in [2.05, 4.69) is 11.4 Å². The monoisotopic (exact) mass is 288 g/mol. The molecule has 1 aliphatic rings. The lowest BCUT2D eigenvalue weighted by Gasteiger charge is -2.27. The summed E-state index contributed by atoms with van der Waals surface area (Å²) in [5, 5.41) is 21.5. The molecular formula is C16H20N2O3. The summed E-state index contributed by atoms with van der Waals surface area (Å²) >= 11 is 0. The van der Waals surface area contributed by atoms with Crippen molar-refractivity contribution in [2.45, 2.75) is 38.3 Å². The lowest BCUT2D eigenvalue weighted by molar-refractivity contribution is -0.143. The van der Waals surface area contributed by atoms with Gasteiger partial charge in [-0.25, -0.2) is 0 Å². The van der Waals surface area contributed by atoms with Crippen LogP contribution in [-0.2, 0) is 11.3 Å². The fourth-order valence-corrected chi connectivity index (χ4v) is 2.80.